The zero-order valence-corrected chi connectivity index (χ0v) is 9.36. The number of piperidine rings is 1. The van der Waals surface area contributed by atoms with Gasteiger partial charge in [-0.2, -0.15) is 4.98 Å². The monoisotopic (exact) mass is 210 g/mol. The lowest BCUT2D eigenvalue weighted by atomic mass is 10.1. The van der Waals surface area contributed by atoms with Gasteiger partial charge in [-0.05, 0) is 39.9 Å². The molecule has 1 fully saturated rings. The molecule has 5 nitrogen and oxygen atoms in total. The van der Waals surface area contributed by atoms with Crippen molar-refractivity contribution in [2.45, 2.75) is 32.4 Å². The quantitative estimate of drug-likeness (QED) is 0.790. The second-order valence-electron chi connectivity index (χ2n) is 4.13. The highest BCUT2D eigenvalue weighted by atomic mass is 16.5. The first kappa shape index (κ1) is 10.6. The highest BCUT2D eigenvalue weighted by Crippen LogP contribution is 2.12. The molecule has 0 spiro atoms. The molecular weight excluding hydrogens is 192 g/mol. The van der Waals surface area contributed by atoms with E-state index in [1.165, 1.54) is 12.8 Å². The molecule has 1 aliphatic rings. The molecule has 1 aromatic rings. The molecule has 84 valence electrons. The number of hydrogen-bond acceptors (Lipinski definition) is 5. The highest BCUT2D eigenvalue weighted by molar-refractivity contribution is 4.84. The minimum Gasteiger partial charge on any atom is -0.338 e. The Labute approximate surface area is 89.8 Å². The lowest BCUT2D eigenvalue weighted by molar-refractivity contribution is 0.171. The van der Waals surface area contributed by atoms with Crippen molar-refractivity contribution in [2.75, 3.05) is 20.1 Å². The Morgan fingerprint density at radius 2 is 2.20 bits per heavy atom. The maximum Gasteiger partial charge on any atom is 0.240 e. The van der Waals surface area contributed by atoms with Crippen LogP contribution < -0.4 is 5.32 Å². The van der Waals surface area contributed by atoms with E-state index in [9.17, 15) is 0 Å². The van der Waals surface area contributed by atoms with E-state index >= 15 is 0 Å². The summed E-state index contributed by atoms with van der Waals surface area (Å²) in [6, 6.07) is 0.637. The van der Waals surface area contributed by atoms with E-state index in [-0.39, 0.29) is 0 Å². The van der Waals surface area contributed by atoms with Gasteiger partial charge in [0.1, 0.15) is 0 Å². The van der Waals surface area contributed by atoms with Crippen LogP contribution in [-0.4, -0.2) is 41.2 Å². The van der Waals surface area contributed by atoms with Crippen LogP contribution >= 0.6 is 0 Å². The number of aryl methyl sites for hydroxylation is 1. The third kappa shape index (κ3) is 2.76. The maximum atomic E-state index is 5.11. The Morgan fingerprint density at radius 3 is 2.80 bits per heavy atom. The minimum absolute atomic E-state index is 0.637. The van der Waals surface area contributed by atoms with Crippen LogP contribution in [0.5, 0.6) is 0 Å². The van der Waals surface area contributed by atoms with Crippen LogP contribution in [-0.2, 0) is 6.54 Å². The van der Waals surface area contributed by atoms with Gasteiger partial charge in [0.25, 0.3) is 0 Å². The number of nitrogens with zero attached hydrogens (tertiary/aromatic N) is 3. The van der Waals surface area contributed by atoms with Gasteiger partial charge < -0.3 is 9.84 Å². The first-order valence-electron chi connectivity index (χ1n) is 5.46. The Kier molecular flexibility index (Phi) is 3.33. The summed E-state index contributed by atoms with van der Waals surface area (Å²) in [4.78, 5) is 6.51. The van der Waals surface area contributed by atoms with Crippen LogP contribution in [0.25, 0.3) is 0 Å². The van der Waals surface area contributed by atoms with Gasteiger partial charge in [-0.1, -0.05) is 5.16 Å². The standard InChI is InChI=1S/C10H18N4O/c1-8-12-10(15-13-8)7-14(2)9-3-5-11-6-4-9/h9,11H,3-7H2,1-2H3. The van der Waals surface area contributed by atoms with Gasteiger partial charge in [-0.25, -0.2) is 0 Å². The summed E-state index contributed by atoms with van der Waals surface area (Å²) in [6.45, 7) is 4.82. The third-order valence-electron chi connectivity index (χ3n) is 2.89. The van der Waals surface area contributed by atoms with Gasteiger partial charge in [0.05, 0.1) is 6.54 Å². The second kappa shape index (κ2) is 4.72. The van der Waals surface area contributed by atoms with E-state index in [4.69, 9.17) is 4.52 Å². The molecule has 0 unspecified atom stereocenters. The first-order chi connectivity index (χ1) is 7.25. The summed E-state index contributed by atoms with van der Waals surface area (Å²) in [5, 5.41) is 7.15. The van der Waals surface area contributed by atoms with Gasteiger partial charge in [-0.15, -0.1) is 0 Å². The Balaban J connectivity index is 1.88. The average Bonchev–Trinajstić information content (AvgIpc) is 2.65. The molecule has 0 bridgehead atoms. The van der Waals surface area contributed by atoms with Crippen molar-refractivity contribution in [1.82, 2.24) is 20.4 Å². The molecule has 15 heavy (non-hydrogen) atoms. The van der Waals surface area contributed by atoms with Crippen LogP contribution in [0.1, 0.15) is 24.6 Å². The fourth-order valence-electron chi connectivity index (χ4n) is 1.99. The van der Waals surface area contributed by atoms with Crippen LogP contribution in [0.3, 0.4) is 0 Å². The van der Waals surface area contributed by atoms with E-state index in [1.54, 1.807) is 0 Å². The van der Waals surface area contributed by atoms with Crippen molar-refractivity contribution in [3.05, 3.63) is 11.7 Å². The molecule has 1 N–H and O–H groups in total. The maximum absolute atomic E-state index is 5.11. The van der Waals surface area contributed by atoms with Crippen molar-refractivity contribution >= 4 is 0 Å². The summed E-state index contributed by atoms with van der Waals surface area (Å²) < 4.78 is 5.11. The number of nitrogens with one attached hydrogen (secondary N) is 1. The third-order valence-corrected chi connectivity index (χ3v) is 2.89. The number of hydrogen-bond donors (Lipinski definition) is 1. The molecule has 0 amide bonds. The average molecular weight is 210 g/mol. The summed E-state index contributed by atoms with van der Waals surface area (Å²) in [7, 11) is 2.12. The van der Waals surface area contributed by atoms with Crippen LogP contribution in [0.15, 0.2) is 4.52 Å². The molecule has 1 aromatic heterocycles. The molecule has 2 heterocycles. The molecule has 5 heteroatoms. The first-order valence-corrected chi connectivity index (χ1v) is 5.46. The van der Waals surface area contributed by atoms with Crippen molar-refractivity contribution in [3.63, 3.8) is 0 Å². The van der Waals surface area contributed by atoms with Crippen LogP contribution in [0.4, 0.5) is 0 Å². The largest absolute Gasteiger partial charge is 0.338 e. The van der Waals surface area contributed by atoms with Crippen molar-refractivity contribution in [3.8, 4) is 0 Å². The zero-order valence-electron chi connectivity index (χ0n) is 9.36. The predicted molar refractivity (Wildman–Crippen MR) is 56.4 cm³/mol. The minimum atomic E-state index is 0.637. The second-order valence-corrected chi connectivity index (χ2v) is 4.13. The molecule has 0 atom stereocenters. The van der Waals surface area contributed by atoms with Gasteiger partial charge >= 0.3 is 0 Å². The molecule has 0 aliphatic carbocycles. The number of rotatable bonds is 3. The number of aromatic nitrogens is 2. The molecular formula is C10H18N4O. The smallest absolute Gasteiger partial charge is 0.240 e. The van der Waals surface area contributed by atoms with Gasteiger partial charge in [-0.3, -0.25) is 4.90 Å². The van der Waals surface area contributed by atoms with Crippen molar-refractivity contribution in [1.29, 1.82) is 0 Å². The normalized spacial score (nSPS) is 18.6. The van der Waals surface area contributed by atoms with Gasteiger partial charge in [0.2, 0.25) is 5.89 Å². The SMILES string of the molecule is Cc1noc(CN(C)C2CCNCC2)n1. The molecule has 1 saturated heterocycles. The van der Waals surface area contributed by atoms with E-state index in [2.05, 4.69) is 27.4 Å². The highest BCUT2D eigenvalue weighted by Gasteiger charge is 2.19. The van der Waals surface area contributed by atoms with E-state index in [0.717, 1.165) is 19.6 Å². The predicted octanol–water partition coefficient (Wildman–Crippen LogP) is 0.562. The molecule has 2 rings (SSSR count). The fourth-order valence-corrected chi connectivity index (χ4v) is 1.99. The van der Waals surface area contributed by atoms with Gasteiger partial charge in [0.15, 0.2) is 5.82 Å². The summed E-state index contributed by atoms with van der Waals surface area (Å²) in [6.07, 6.45) is 2.40. The lowest BCUT2D eigenvalue weighted by Gasteiger charge is -2.30. The molecule has 1 aliphatic heterocycles. The van der Waals surface area contributed by atoms with Crippen molar-refractivity contribution in [2.24, 2.45) is 0 Å². The topological polar surface area (TPSA) is 54.2 Å². The molecule has 0 aromatic carbocycles. The molecule has 0 radical (unpaired) electrons. The van der Waals surface area contributed by atoms with Gasteiger partial charge in [0, 0.05) is 6.04 Å². The Bertz CT molecular complexity index is 306. The molecule has 0 saturated carbocycles. The van der Waals surface area contributed by atoms with E-state index < -0.39 is 0 Å². The van der Waals surface area contributed by atoms with E-state index in [1.807, 2.05) is 6.92 Å². The van der Waals surface area contributed by atoms with Crippen LogP contribution in [0.2, 0.25) is 0 Å². The Hall–Kier alpha value is -0.940. The Morgan fingerprint density at radius 1 is 1.47 bits per heavy atom. The fraction of sp³-hybridized carbons (Fsp3) is 0.800. The summed E-state index contributed by atoms with van der Waals surface area (Å²) >= 11 is 0. The summed E-state index contributed by atoms with van der Waals surface area (Å²) in [5.74, 6) is 1.43. The summed E-state index contributed by atoms with van der Waals surface area (Å²) in [5.41, 5.74) is 0. The van der Waals surface area contributed by atoms with Crippen LogP contribution in [0, 0.1) is 6.92 Å². The van der Waals surface area contributed by atoms with E-state index in [0.29, 0.717) is 17.8 Å². The zero-order chi connectivity index (χ0) is 10.7. The van der Waals surface area contributed by atoms with Crippen molar-refractivity contribution < 1.29 is 4.52 Å². The lowest BCUT2D eigenvalue weighted by Crippen LogP contribution is -2.40.